The summed E-state index contributed by atoms with van der Waals surface area (Å²) in [6, 6.07) is 3.73. The lowest BCUT2D eigenvalue weighted by molar-refractivity contribution is -0.123. The molecule has 110 valence electrons. The summed E-state index contributed by atoms with van der Waals surface area (Å²) in [5.74, 6) is -0.683. The van der Waals surface area contributed by atoms with Gasteiger partial charge in [-0.15, -0.1) is 0 Å². The van der Waals surface area contributed by atoms with Crippen LogP contribution in [0, 0.1) is 23.5 Å². The van der Waals surface area contributed by atoms with Gasteiger partial charge in [-0.05, 0) is 49.3 Å². The third kappa shape index (κ3) is 3.87. The van der Waals surface area contributed by atoms with Crippen molar-refractivity contribution in [2.45, 2.75) is 51.9 Å². The Kier molecular flexibility index (Phi) is 5.27. The number of hydrogen-bond acceptors (Lipinski definition) is 1. The Balaban J connectivity index is 1.88. The molecule has 1 aliphatic carbocycles. The maximum absolute atomic E-state index is 13.1. The quantitative estimate of drug-likeness (QED) is 0.765. The van der Waals surface area contributed by atoms with Gasteiger partial charge in [-0.3, -0.25) is 4.79 Å². The van der Waals surface area contributed by atoms with E-state index in [-0.39, 0.29) is 18.1 Å². The van der Waals surface area contributed by atoms with E-state index in [1.165, 1.54) is 18.9 Å². The van der Waals surface area contributed by atoms with Crippen LogP contribution in [0.2, 0.25) is 0 Å². The lowest BCUT2D eigenvalue weighted by atomic mass is 9.77. The van der Waals surface area contributed by atoms with E-state index in [4.69, 9.17) is 0 Å². The van der Waals surface area contributed by atoms with Gasteiger partial charge in [0.1, 0.15) is 5.78 Å². The van der Waals surface area contributed by atoms with E-state index < -0.39 is 11.6 Å². The summed E-state index contributed by atoms with van der Waals surface area (Å²) in [5.41, 5.74) is 0.574. The van der Waals surface area contributed by atoms with E-state index in [0.717, 1.165) is 43.7 Å². The third-order valence-electron chi connectivity index (χ3n) is 4.36. The number of hydrogen-bond donors (Lipinski definition) is 0. The first-order chi connectivity index (χ1) is 9.60. The van der Waals surface area contributed by atoms with Crippen molar-refractivity contribution in [3.8, 4) is 0 Å². The van der Waals surface area contributed by atoms with E-state index >= 15 is 0 Å². The fourth-order valence-corrected chi connectivity index (χ4v) is 3.18. The zero-order valence-corrected chi connectivity index (χ0v) is 12.0. The van der Waals surface area contributed by atoms with Crippen LogP contribution in [0.25, 0.3) is 0 Å². The van der Waals surface area contributed by atoms with Gasteiger partial charge in [0.25, 0.3) is 0 Å². The standard InChI is InChI=1S/C17H22F2O/c1-2-3-12-4-7-14(8-5-12)17(20)11-13-6-9-15(18)16(19)10-13/h6,9-10,12,14H,2-5,7-8,11H2,1H3. The van der Waals surface area contributed by atoms with Gasteiger partial charge >= 0.3 is 0 Å². The molecular weight excluding hydrogens is 258 g/mol. The molecular formula is C17H22F2O. The van der Waals surface area contributed by atoms with Crippen molar-refractivity contribution in [1.29, 1.82) is 0 Å². The fourth-order valence-electron chi connectivity index (χ4n) is 3.18. The average Bonchev–Trinajstić information content (AvgIpc) is 2.44. The van der Waals surface area contributed by atoms with Gasteiger partial charge in [-0.2, -0.15) is 0 Å². The highest BCUT2D eigenvalue weighted by Gasteiger charge is 2.25. The number of ketones is 1. The molecule has 1 saturated carbocycles. The van der Waals surface area contributed by atoms with Gasteiger partial charge in [0, 0.05) is 12.3 Å². The predicted molar refractivity (Wildman–Crippen MR) is 75.4 cm³/mol. The summed E-state index contributed by atoms with van der Waals surface area (Å²) >= 11 is 0. The van der Waals surface area contributed by atoms with Gasteiger partial charge < -0.3 is 0 Å². The Labute approximate surface area is 119 Å². The molecule has 20 heavy (non-hydrogen) atoms. The van der Waals surface area contributed by atoms with Gasteiger partial charge in [-0.1, -0.05) is 25.8 Å². The first kappa shape index (κ1) is 15.1. The van der Waals surface area contributed by atoms with Crippen molar-refractivity contribution < 1.29 is 13.6 Å². The minimum Gasteiger partial charge on any atom is -0.299 e. The maximum Gasteiger partial charge on any atom is 0.159 e. The Bertz CT molecular complexity index is 462. The Morgan fingerprint density at radius 3 is 2.45 bits per heavy atom. The van der Waals surface area contributed by atoms with Crippen LogP contribution in [-0.4, -0.2) is 5.78 Å². The summed E-state index contributed by atoms with van der Waals surface area (Å²) in [7, 11) is 0. The molecule has 0 heterocycles. The Morgan fingerprint density at radius 1 is 1.15 bits per heavy atom. The van der Waals surface area contributed by atoms with Crippen LogP contribution in [0.15, 0.2) is 18.2 Å². The zero-order chi connectivity index (χ0) is 14.5. The number of rotatable bonds is 5. The van der Waals surface area contributed by atoms with Crippen LogP contribution in [0.3, 0.4) is 0 Å². The van der Waals surface area contributed by atoms with Crippen molar-refractivity contribution in [2.24, 2.45) is 11.8 Å². The topological polar surface area (TPSA) is 17.1 Å². The molecule has 1 aliphatic rings. The molecule has 1 aromatic carbocycles. The molecule has 2 rings (SSSR count). The third-order valence-corrected chi connectivity index (χ3v) is 4.36. The van der Waals surface area contributed by atoms with Crippen LogP contribution < -0.4 is 0 Å². The average molecular weight is 280 g/mol. The molecule has 0 radical (unpaired) electrons. The molecule has 1 nitrogen and oxygen atoms in total. The molecule has 0 N–H and O–H groups in total. The lowest BCUT2D eigenvalue weighted by Crippen LogP contribution is -2.23. The minimum absolute atomic E-state index is 0.108. The van der Waals surface area contributed by atoms with Gasteiger partial charge in [0.2, 0.25) is 0 Å². The van der Waals surface area contributed by atoms with Crippen molar-refractivity contribution in [3.63, 3.8) is 0 Å². The van der Waals surface area contributed by atoms with E-state index in [2.05, 4.69) is 6.92 Å². The van der Waals surface area contributed by atoms with E-state index in [1.54, 1.807) is 0 Å². The van der Waals surface area contributed by atoms with Crippen LogP contribution in [0.1, 0.15) is 51.0 Å². The fraction of sp³-hybridized carbons (Fsp3) is 0.588. The van der Waals surface area contributed by atoms with Gasteiger partial charge in [0.05, 0.1) is 0 Å². The van der Waals surface area contributed by atoms with Crippen molar-refractivity contribution in [1.82, 2.24) is 0 Å². The highest BCUT2D eigenvalue weighted by atomic mass is 19.2. The molecule has 0 saturated heterocycles. The lowest BCUT2D eigenvalue weighted by Gasteiger charge is -2.27. The number of halogens is 2. The van der Waals surface area contributed by atoms with Gasteiger partial charge in [0.15, 0.2) is 11.6 Å². The number of Topliss-reactive ketones (excluding diaryl/α,β-unsaturated/α-hetero) is 1. The van der Waals surface area contributed by atoms with E-state index in [0.29, 0.717) is 5.56 Å². The molecule has 0 aliphatic heterocycles. The van der Waals surface area contributed by atoms with Crippen LogP contribution in [0.5, 0.6) is 0 Å². The Hall–Kier alpha value is -1.25. The highest BCUT2D eigenvalue weighted by molar-refractivity contribution is 5.83. The number of carbonyl (C=O) groups excluding carboxylic acids is 1. The number of carbonyl (C=O) groups is 1. The maximum atomic E-state index is 13.1. The zero-order valence-electron chi connectivity index (χ0n) is 12.0. The summed E-state index contributed by atoms with van der Waals surface area (Å²) < 4.78 is 26.0. The van der Waals surface area contributed by atoms with Crippen LogP contribution >= 0.6 is 0 Å². The van der Waals surface area contributed by atoms with Crippen molar-refractivity contribution in [3.05, 3.63) is 35.4 Å². The van der Waals surface area contributed by atoms with Crippen molar-refractivity contribution >= 4 is 5.78 Å². The normalized spacial score (nSPS) is 22.8. The molecule has 0 spiro atoms. The monoisotopic (exact) mass is 280 g/mol. The molecule has 0 bridgehead atoms. The molecule has 0 unspecified atom stereocenters. The number of benzene rings is 1. The molecule has 3 heteroatoms. The minimum atomic E-state index is -0.873. The van der Waals surface area contributed by atoms with E-state index in [1.807, 2.05) is 0 Å². The largest absolute Gasteiger partial charge is 0.299 e. The summed E-state index contributed by atoms with van der Waals surface area (Å²) in [6.45, 7) is 2.19. The second kappa shape index (κ2) is 6.96. The van der Waals surface area contributed by atoms with Crippen LogP contribution in [0.4, 0.5) is 8.78 Å². The highest BCUT2D eigenvalue weighted by Crippen LogP contribution is 2.32. The molecule has 1 aromatic rings. The summed E-state index contributed by atoms with van der Waals surface area (Å²) in [4.78, 5) is 12.2. The predicted octanol–water partition coefficient (Wildman–Crippen LogP) is 4.68. The molecule has 1 fully saturated rings. The van der Waals surface area contributed by atoms with E-state index in [9.17, 15) is 13.6 Å². The first-order valence-corrected chi connectivity index (χ1v) is 7.56. The molecule has 0 atom stereocenters. The summed E-state index contributed by atoms with van der Waals surface area (Å²) in [5, 5.41) is 0. The van der Waals surface area contributed by atoms with Gasteiger partial charge in [-0.25, -0.2) is 8.78 Å². The van der Waals surface area contributed by atoms with Crippen molar-refractivity contribution in [2.75, 3.05) is 0 Å². The first-order valence-electron chi connectivity index (χ1n) is 7.56. The van der Waals surface area contributed by atoms with Crippen LogP contribution in [-0.2, 0) is 11.2 Å². The second-order valence-electron chi connectivity index (χ2n) is 5.90. The SMILES string of the molecule is CCCC1CCC(C(=O)Cc2ccc(F)c(F)c2)CC1. The molecule has 0 amide bonds. The molecule has 0 aromatic heterocycles. The smallest absolute Gasteiger partial charge is 0.159 e. The second-order valence-corrected chi connectivity index (χ2v) is 5.90. The Morgan fingerprint density at radius 2 is 1.85 bits per heavy atom. The summed E-state index contributed by atoms with van der Waals surface area (Å²) in [6.07, 6.45) is 6.84.